The fourth-order valence-electron chi connectivity index (χ4n) is 5.62. The van der Waals surface area contributed by atoms with Crippen LogP contribution in [0.5, 0.6) is 0 Å². The fourth-order valence-corrected chi connectivity index (χ4v) is 5.62. The van der Waals surface area contributed by atoms with Gasteiger partial charge in [-0.3, -0.25) is 9.78 Å². The Kier molecular flexibility index (Phi) is 8.89. The molecule has 5 heteroatoms. The van der Waals surface area contributed by atoms with Crippen molar-refractivity contribution >= 4 is 5.91 Å². The fraction of sp³-hybridized carbons (Fsp3) is 0.467. The van der Waals surface area contributed by atoms with Crippen molar-refractivity contribution in [3.8, 4) is 0 Å². The first-order valence-electron chi connectivity index (χ1n) is 12.9. The van der Waals surface area contributed by atoms with Crippen LogP contribution in [-0.4, -0.2) is 33.3 Å². The predicted octanol–water partition coefficient (Wildman–Crippen LogP) is 4.67. The van der Waals surface area contributed by atoms with E-state index in [1.165, 1.54) is 11.1 Å². The van der Waals surface area contributed by atoms with Crippen molar-refractivity contribution in [1.29, 1.82) is 0 Å². The number of aromatic nitrogens is 1. The van der Waals surface area contributed by atoms with Crippen LogP contribution in [0.25, 0.3) is 0 Å². The van der Waals surface area contributed by atoms with Gasteiger partial charge in [0.05, 0.1) is 12.2 Å². The summed E-state index contributed by atoms with van der Waals surface area (Å²) in [6.07, 6.45) is 14.8. The summed E-state index contributed by atoms with van der Waals surface area (Å²) in [4.78, 5) is 16.1. The Balaban J connectivity index is 1.17. The minimum atomic E-state index is -0.540. The van der Waals surface area contributed by atoms with E-state index in [0.717, 1.165) is 43.2 Å². The van der Waals surface area contributed by atoms with Gasteiger partial charge in [0, 0.05) is 37.7 Å². The number of hydrogen-bond acceptors (Lipinski definition) is 4. The number of pyridine rings is 1. The van der Waals surface area contributed by atoms with Crippen molar-refractivity contribution in [2.24, 2.45) is 17.8 Å². The van der Waals surface area contributed by atoms with Crippen LogP contribution >= 0.6 is 0 Å². The Labute approximate surface area is 209 Å². The molecule has 1 saturated carbocycles. The van der Waals surface area contributed by atoms with E-state index in [0.29, 0.717) is 31.2 Å². The average Bonchev–Trinajstić information content (AvgIpc) is 3.36. The van der Waals surface area contributed by atoms with Gasteiger partial charge in [0.15, 0.2) is 0 Å². The Morgan fingerprint density at radius 3 is 2.83 bits per heavy atom. The smallest absolute Gasteiger partial charge is 0.220 e. The topological polar surface area (TPSA) is 82.5 Å². The molecule has 3 N–H and O–H groups in total. The Bertz CT molecular complexity index is 1030. The number of amides is 1. The monoisotopic (exact) mass is 474 g/mol. The van der Waals surface area contributed by atoms with Crippen molar-refractivity contribution < 1.29 is 15.0 Å². The zero-order chi connectivity index (χ0) is 24.6. The van der Waals surface area contributed by atoms with E-state index < -0.39 is 6.10 Å². The SMILES string of the molecule is Cc1cccc(C[C@@H](O)C=C[C@@H]2[C@H]3CC(CCCCC(=O)NCc4ccncc4)=C[C@H]3C[C@H]2O)c1. The molecular formula is C30H38N2O3. The largest absolute Gasteiger partial charge is 0.392 e. The van der Waals surface area contributed by atoms with Crippen LogP contribution in [0.15, 0.2) is 72.6 Å². The lowest BCUT2D eigenvalue weighted by molar-refractivity contribution is -0.121. The molecule has 0 saturated heterocycles. The molecule has 0 aliphatic heterocycles. The van der Waals surface area contributed by atoms with Crippen molar-refractivity contribution in [1.82, 2.24) is 10.3 Å². The molecule has 35 heavy (non-hydrogen) atoms. The number of fused-ring (bicyclic) bond motifs is 1. The van der Waals surface area contributed by atoms with Crippen LogP contribution < -0.4 is 5.32 Å². The van der Waals surface area contributed by atoms with Crippen LogP contribution in [-0.2, 0) is 17.8 Å². The number of nitrogens with one attached hydrogen (secondary N) is 1. The van der Waals surface area contributed by atoms with Gasteiger partial charge in [0.1, 0.15) is 0 Å². The number of allylic oxidation sites excluding steroid dienone is 2. The van der Waals surface area contributed by atoms with Gasteiger partial charge in [0.2, 0.25) is 5.91 Å². The standard InChI is InChI=1S/C30H38N2O3/c1-21-5-4-7-23(15-21)17-26(33)9-10-27-28-18-24(16-25(28)19-29(27)34)6-2-3-8-30(35)32-20-22-11-13-31-14-12-22/h4-5,7,9-16,25-29,33-34H,2-3,6,8,17-20H2,1H3,(H,32,35)/t25-,26-,27+,28-,29+/m0/s1. The molecule has 1 aromatic heterocycles. The lowest BCUT2D eigenvalue weighted by Gasteiger charge is -2.19. The van der Waals surface area contributed by atoms with Gasteiger partial charge in [0.25, 0.3) is 0 Å². The summed E-state index contributed by atoms with van der Waals surface area (Å²) < 4.78 is 0. The highest BCUT2D eigenvalue weighted by Crippen LogP contribution is 2.48. The van der Waals surface area contributed by atoms with Crippen LogP contribution in [0.4, 0.5) is 0 Å². The van der Waals surface area contributed by atoms with Gasteiger partial charge in [-0.1, -0.05) is 53.6 Å². The summed E-state index contributed by atoms with van der Waals surface area (Å²) >= 11 is 0. The Morgan fingerprint density at radius 2 is 2.03 bits per heavy atom. The van der Waals surface area contributed by atoms with Crippen molar-refractivity contribution in [3.63, 3.8) is 0 Å². The second kappa shape index (κ2) is 12.3. The van der Waals surface area contributed by atoms with Crippen LogP contribution in [0, 0.1) is 24.7 Å². The van der Waals surface area contributed by atoms with E-state index in [1.807, 2.05) is 30.3 Å². The number of nitrogens with zero attached hydrogens (tertiary/aromatic N) is 1. The summed E-state index contributed by atoms with van der Waals surface area (Å²) in [6.45, 7) is 2.61. The van der Waals surface area contributed by atoms with E-state index in [9.17, 15) is 15.0 Å². The molecule has 1 heterocycles. The van der Waals surface area contributed by atoms with Gasteiger partial charge in [-0.2, -0.15) is 0 Å². The maximum atomic E-state index is 12.1. The molecule has 2 aromatic rings. The molecule has 1 fully saturated rings. The molecule has 0 unspecified atom stereocenters. The summed E-state index contributed by atoms with van der Waals surface area (Å²) in [5.41, 5.74) is 4.85. The second-order valence-electron chi connectivity index (χ2n) is 10.2. The molecule has 2 aliphatic rings. The number of unbranched alkanes of at least 4 members (excludes halogenated alkanes) is 1. The first-order chi connectivity index (χ1) is 17.0. The molecule has 2 aliphatic carbocycles. The minimum absolute atomic E-state index is 0.0941. The molecule has 0 bridgehead atoms. The molecule has 1 aromatic carbocycles. The molecule has 1 amide bonds. The summed E-state index contributed by atoms with van der Waals surface area (Å²) in [5, 5.41) is 24.1. The number of benzene rings is 1. The van der Waals surface area contributed by atoms with Gasteiger partial charge in [-0.15, -0.1) is 0 Å². The van der Waals surface area contributed by atoms with Gasteiger partial charge in [-0.05, 0) is 74.1 Å². The van der Waals surface area contributed by atoms with E-state index in [4.69, 9.17) is 0 Å². The lowest BCUT2D eigenvalue weighted by atomic mass is 9.88. The number of aliphatic hydroxyl groups is 2. The first-order valence-corrected chi connectivity index (χ1v) is 12.9. The highest BCUT2D eigenvalue weighted by atomic mass is 16.3. The molecule has 5 atom stereocenters. The van der Waals surface area contributed by atoms with Crippen LogP contribution in [0.2, 0.25) is 0 Å². The molecule has 186 valence electrons. The number of rotatable bonds is 11. The third kappa shape index (κ3) is 7.36. The average molecular weight is 475 g/mol. The van der Waals surface area contributed by atoms with Gasteiger partial charge >= 0.3 is 0 Å². The maximum Gasteiger partial charge on any atom is 0.220 e. The Hall–Kier alpha value is -2.76. The van der Waals surface area contributed by atoms with Crippen LogP contribution in [0.1, 0.15) is 55.2 Å². The van der Waals surface area contributed by atoms with Gasteiger partial charge < -0.3 is 15.5 Å². The maximum absolute atomic E-state index is 12.1. The third-order valence-corrected chi connectivity index (χ3v) is 7.42. The highest BCUT2D eigenvalue weighted by molar-refractivity contribution is 5.75. The first kappa shape index (κ1) is 25.3. The molecule has 0 spiro atoms. The molecule has 5 nitrogen and oxygen atoms in total. The van der Waals surface area contributed by atoms with E-state index in [-0.39, 0.29) is 17.9 Å². The van der Waals surface area contributed by atoms with E-state index in [2.05, 4.69) is 41.5 Å². The third-order valence-electron chi connectivity index (χ3n) is 7.42. The normalized spacial score (nSPS) is 24.4. The summed E-state index contributed by atoms with van der Waals surface area (Å²) in [5.74, 6) is 1.04. The zero-order valence-electron chi connectivity index (χ0n) is 20.6. The van der Waals surface area contributed by atoms with E-state index >= 15 is 0 Å². The summed E-state index contributed by atoms with van der Waals surface area (Å²) in [7, 11) is 0. The second-order valence-corrected chi connectivity index (χ2v) is 10.2. The van der Waals surface area contributed by atoms with Crippen molar-refractivity contribution in [3.05, 3.63) is 89.3 Å². The quantitative estimate of drug-likeness (QED) is 0.327. The number of hydrogen-bond donors (Lipinski definition) is 3. The lowest BCUT2D eigenvalue weighted by Crippen LogP contribution is -2.22. The van der Waals surface area contributed by atoms with Gasteiger partial charge in [-0.25, -0.2) is 0 Å². The minimum Gasteiger partial charge on any atom is -0.392 e. The number of carbonyl (C=O) groups excluding carboxylic acids is 1. The molecule has 0 radical (unpaired) electrons. The van der Waals surface area contributed by atoms with E-state index in [1.54, 1.807) is 12.4 Å². The summed E-state index contributed by atoms with van der Waals surface area (Å²) in [6, 6.07) is 12.1. The van der Waals surface area contributed by atoms with Crippen molar-refractivity contribution in [2.75, 3.05) is 0 Å². The zero-order valence-corrected chi connectivity index (χ0v) is 20.6. The molecular weight excluding hydrogens is 436 g/mol. The van der Waals surface area contributed by atoms with Crippen LogP contribution in [0.3, 0.4) is 0 Å². The number of carbonyl (C=O) groups is 1. The van der Waals surface area contributed by atoms with Crippen molar-refractivity contribution in [2.45, 2.75) is 70.6 Å². The number of aliphatic hydroxyl groups excluding tert-OH is 2. The number of aryl methyl sites for hydroxylation is 1. The molecule has 4 rings (SSSR count). The predicted molar refractivity (Wildman–Crippen MR) is 138 cm³/mol. The highest BCUT2D eigenvalue weighted by Gasteiger charge is 2.43. The Morgan fingerprint density at radius 1 is 1.20 bits per heavy atom.